The van der Waals surface area contributed by atoms with Crippen LogP contribution in [-0.2, 0) is 4.74 Å². The Morgan fingerprint density at radius 2 is 1.94 bits per heavy atom. The zero-order valence-corrected chi connectivity index (χ0v) is 10.9. The van der Waals surface area contributed by atoms with Crippen LogP contribution in [0.5, 0.6) is 0 Å². The fraction of sp³-hybridized carbons (Fsp3) is 0.692. The zero-order chi connectivity index (χ0) is 12.3. The number of nitrogens with one attached hydrogen (secondary N) is 1. The van der Waals surface area contributed by atoms with Crippen LogP contribution < -0.4 is 5.32 Å². The largest absolute Gasteiger partial charge is 0.385 e. The van der Waals surface area contributed by atoms with E-state index in [4.69, 9.17) is 4.74 Å². The molecule has 0 aliphatic heterocycles. The standard InChI is InChI=1S/C13H21N3O/c1-10-8-11(2)16-12(15-10)14-9-13(4-5-13)6-7-17-3/h8H,4-7,9H2,1-3H3,(H,14,15,16). The molecule has 4 nitrogen and oxygen atoms in total. The van der Waals surface area contributed by atoms with Crippen molar-refractivity contribution in [1.29, 1.82) is 0 Å². The van der Waals surface area contributed by atoms with Gasteiger partial charge >= 0.3 is 0 Å². The minimum atomic E-state index is 0.428. The van der Waals surface area contributed by atoms with E-state index in [0.29, 0.717) is 5.41 Å². The molecule has 0 atom stereocenters. The van der Waals surface area contributed by atoms with Gasteiger partial charge in [-0.25, -0.2) is 9.97 Å². The Labute approximate surface area is 103 Å². The molecule has 0 amide bonds. The van der Waals surface area contributed by atoms with E-state index in [2.05, 4.69) is 15.3 Å². The van der Waals surface area contributed by atoms with Gasteiger partial charge in [0, 0.05) is 31.6 Å². The van der Waals surface area contributed by atoms with Crippen molar-refractivity contribution in [1.82, 2.24) is 9.97 Å². The first kappa shape index (κ1) is 12.3. The molecule has 1 aromatic rings. The molecule has 1 fully saturated rings. The second-order valence-corrected chi connectivity index (χ2v) is 5.07. The fourth-order valence-electron chi connectivity index (χ4n) is 2.08. The van der Waals surface area contributed by atoms with E-state index in [9.17, 15) is 0 Å². The molecule has 1 heterocycles. The summed E-state index contributed by atoms with van der Waals surface area (Å²) in [5, 5.41) is 3.36. The molecule has 0 bridgehead atoms. The van der Waals surface area contributed by atoms with Crippen molar-refractivity contribution in [3.8, 4) is 0 Å². The van der Waals surface area contributed by atoms with Crippen molar-refractivity contribution >= 4 is 5.95 Å². The maximum absolute atomic E-state index is 5.15. The van der Waals surface area contributed by atoms with Crippen LogP contribution in [0.25, 0.3) is 0 Å². The van der Waals surface area contributed by atoms with Crippen molar-refractivity contribution in [3.05, 3.63) is 17.5 Å². The van der Waals surface area contributed by atoms with Crippen LogP contribution >= 0.6 is 0 Å². The summed E-state index contributed by atoms with van der Waals surface area (Å²) >= 11 is 0. The molecule has 4 heteroatoms. The first-order chi connectivity index (χ1) is 8.13. The minimum absolute atomic E-state index is 0.428. The third-order valence-electron chi connectivity index (χ3n) is 3.40. The summed E-state index contributed by atoms with van der Waals surface area (Å²) in [4.78, 5) is 8.78. The summed E-state index contributed by atoms with van der Waals surface area (Å²) < 4.78 is 5.15. The summed E-state index contributed by atoms with van der Waals surface area (Å²) in [6.45, 7) is 5.80. The van der Waals surface area contributed by atoms with Crippen LogP contribution in [0.1, 0.15) is 30.7 Å². The van der Waals surface area contributed by atoms with Gasteiger partial charge in [0.05, 0.1) is 0 Å². The Morgan fingerprint density at radius 1 is 1.29 bits per heavy atom. The van der Waals surface area contributed by atoms with Crippen molar-refractivity contribution in [2.75, 3.05) is 25.6 Å². The van der Waals surface area contributed by atoms with Crippen LogP contribution in [0, 0.1) is 19.3 Å². The molecule has 94 valence electrons. The molecular weight excluding hydrogens is 214 g/mol. The Kier molecular flexibility index (Phi) is 3.62. The highest BCUT2D eigenvalue weighted by molar-refractivity contribution is 5.28. The molecule has 1 aromatic heterocycles. The maximum Gasteiger partial charge on any atom is 0.223 e. The normalized spacial score (nSPS) is 16.9. The van der Waals surface area contributed by atoms with E-state index in [0.717, 1.165) is 36.9 Å². The topological polar surface area (TPSA) is 47.0 Å². The molecule has 1 aliphatic carbocycles. The number of aromatic nitrogens is 2. The predicted molar refractivity (Wildman–Crippen MR) is 68.2 cm³/mol. The summed E-state index contributed by atoms with van der Waals surface area (Å²) in [6, 6.07) is 1.99. The highest BCUT2D eigenvalue weighted by Gasteiger charge is 2.41. The summed E-state index contributed by atoms with van der Waals surface area (Å²) in [5.74, 6) is 0.756. The van der Waals surface area contributed by atoms with Crippen molar-refractivity contribution in [3.63, 3.8) is 0 Å². The molecule has 0 unspecified atom stereocenters. The quantitative estimate of drug-likeness (QED) is 0.822. The van der Waals surface area contributed by atoms with Gasteiger partial charge in [-0.15, -0.1) is 0 Å². The second kappa shape index (κ2) is 5.00. The molecule has 1 saturated carbocycles. The lowest BCUT2D eigenvalue weighted by Crippen LogP contribution is -2.18. The highest BCUT2D eigenvalue weighted by Crippen LogP contribution is 2.48. The Bertz CT molecular complexity index is 368. The molecule has 1 N–H and O–H groups in total. The lowest BCUT2D eigenvalue weighted by molar-refractivity contribution is 0.174. The number of nitrogens with zero attached hydrogens (tertiary/aromatic N) is 2. The highest BCUT2D eigenvalue weighted by atomic mass is 16.5. The molecule has 0 spiro atoms. The number of methoxy groups -OCH3 is 1. The second-order valence-electron chi connectivity index (χ2n) is 5.07. The smallest absolute Gasteiger partial charge is 0.223 e. The molecule has 2 rings (SSSR count). The Hall–Kier alpha value is -1.16. The monoisotopic (exact) mass is 235 g/mol. The Morgan fingerprint density at radius 3 is 2.47 bits per heavy atom. The summed E-state index contributed by atoms with van der Waals surface area (Å²) in [5.41, 5.74) is 2.46. The van der Waals surface area contributed by atoms with Gasteiger partial charge in [-0.05, 0) is 44.6 Å². The van der Waals surface area contributed by atoms with E-state index in [1.807, 2.05) is 19.9 Å². The molecule has 17 heavy (non-hydrogen) atoms. The molecule has 1 aliphatic rings. The molecule has 0 radical (unpaired) electrons. The first-order valence-electron chi connectivity index (χ1n) is 6.19. The van der Waals surface area contributed by atoms with Gasteiger partial charge in [-0.1, -0.05) is 0 Å². The van der Waals surface area contributed by atoms with Crippen molar-refractivity contribution in [2.24, 2.45) is 5.41 Å². The number of hydrogen-bond donors (Lipinski definition) is 1. The van der Waals surface area contributed by atoms with Gasteiger partial charge in [0.25, 0.3) is 0 Å². The van der Waals surface area contributed by atoms with E-state index >= 15 is 0 Å². The summed E-state index contributed by atoms with van der Waals surface area (Å²) in [6.07, 6.45) is 3.70. The number of aryl methyl sites for hydroxylation is 2. The fourth-order valence-corrected chi connectivity index (χ4v) is 2.08. The lowest BCUT2D eigenvalue weighted by atomic mass is 10.0. The number of rotatable bonds is 6. The van der Waals surface area contributed by atoms with Crippen LogP contribution in [0.15, 0.2) is 6.07 Å². The molecule has 0 aromatic carbocycles. The van der Waals surface area contributed by atoms with Crippen molar-refractivity contribution in [2.45, 2.75) is 33.1 Å². The molecule has 0 saturated heterocycles. The lowest BCUT2D eigenvalue weighted by Gasteiger charge is -2.15. The van der Waals surface area contributed by atoms with Crippen molar-refractivity contribution < 1.29 is 4.74 Å². The molecular formula is C13H21N3O. The third-order valence-corrected chi connectivity index (χ3v) is 3.40. The van der Waals surface area contributed by atoms with Crippen LogP contribution in [-0.4, -0.2) is 30.2 Å². The third kappa shape index (κ3) is 3.40. The minimum Gasteiger partial charge on any atom is -0.385 e. The average molecular weight is 235 g/mol. The predicted octanol–water partition coefficient (Wildman–Crippen LogP) is 2.32. The van der Waals surface area contributed by atoms with Crippen LogP contribution in [0.2, 0.25) is 0 Å². The zero-order valence-electron chi connectivity index (χ0n) is 10.9. The number of hydrogen-bond acceptors (Lipinski definition) is 4. The van der Waals surface area contributed by atoms with Gasteiger partial charge < -0.3 is 10.1 Å². The summed E-state index contributed by atoms with van der Waals surface area (Å²) in [7, 11) is 1.76. The number of anilines is 1. The average Bonchev–Trinajstić information content (AvgIpc) is 3.03. The van der Waals surface area contributed by atoms with Gasteiger partial charge in [-0.2, -0.15) is 0 Å². The van der Waals surface area contributed by atoms with E-state index in [1.165, 1.54) is 12.8 Å². The SMILES string of the molecule is COCCC1(CNc2nc(C)cc(C)n2)CC1. The van der Waals surface area contributed by atoms with Crippen LogP contribution in [0.4, 0.5) is 5.95 Å². The van der Waals surface area contributed by atoms with Gasteiger partial charge in [-0.3, -0.25) is 0 Å². The van der Waals surface area contributed by atoms with Gasteiger partial charge in [0.15, 0.2) is 0 Å². The van der Waals surface area contributed by atoms with Gasteiger partial charge in [0.1, 0.15) is 0 Å². The maximum atomic E-state index is 5.15. The Balaban J connectivity index is 1.89. The van der Waals surface area contributed by atoms with E-state index in [1.54, 1.807) is 7.11 Å². The van der Waals surface area contributed by atoms with Gasteiger partial charge in [0.2, 0.25) is 5.95 Å². The first-order valence-corrected chi connectivity index (χ1v) is 6.19. The van der Waals surface area contributed by atoms with Crippen LogP contribution in [0.3, 0.4) is 0 Å². The van der Waals surface area contributed by atoms with E-state index in [-0.39, 0.29) is 0 Å². The van der Waals surface area contributed by atoms with E-state index < -0.39 is 0 Å². The number of ether oxygens (including phenoxy) is 1.